The van der Waals surface area contributed by atoms with Gasteiger partial charge < -0.3 is 20.1 Å². The third kappa shape index (κ3) is 5.06. The lowest BCUT2D eigenvalue weighted by Gasteiger charge is -2.24. The summed E-state index contributed by atoms with van der Waals surface area (Å²) in [5.41, 5.74) is 3.78. The van der Waals surface area contributed by atoms with Crippen LogP contribution in [0.4, 0.5) is 5.69 Å². The number of nitrogens with zero attached hydrogens (tertiary/aromatic N) is 1. The standard InChI is InChI=1S/C22H27N3O4/c1-14-6-5-7-15(2)21(14)24-20(26)11-23-22(27)16(3)25(4)12-17-8-9-18-19(10-17)29-13-28-18/h5-10,16H,11-13H2,1-4H3,(H,23,27)(H,24,26)/t16-/m0/s1. The molecule has 0 bridgehead atoms. The molecule has 0 aliphatic carbocycles. The van der Waals surface area contributed by atoms with Gasteiger partial charge in [0.1, 0.15) is 0 Å². The second-order valence-electron chi connectivity index (χ2n) is 7.31. The Morgan fingerprint density at radius 1 is 1.10 bits per heavy atom. The summed E-state index contributed by atoms with van der Waals surface area (Å²) in [5.74, 6) is 1.000. The predicted molar refractivity (Wildman–Crippen MR) is 111 cm³/mol. The highest BCUT2D eigenvalue weighted by atomic mass is 16.7. The molecule has 1 aliphatic heterocycles. The van der Waals surface area contributed by atoms with E-state index in [0.717, 1.165) is 33.9 Å². The molecule has 0 unspecified atom stereocenters. The van der Waals surface area contributed by atoms with Crippen LogP contribution in [-0.2, 0) is 16.1 Å². The SMILES string of the molecule is Cc1cccc(C)c1NC(=O)CNC(=O)[C@H](C)N(C)Cc1ccc2c(c1)OCO2. The largest absolute Gasteiger partial charge is 0.454 e. The zero-order chi connectivity index (χ0) is 21.0. The van der Waals surface area contributed by atoms with Crippen molar-refractivity contribution in [3.05, 3.63) is 53.1 Å². The number of carbonyl (C=O) groups is 2. The van der Waals surface area contributed by atoms with Crippen molar-refractivity contribution in [2.45, 2.75) is 33.4 Å². The summed E-state index contributed by atoms with van der Waals surface area (Å²) in [7, 11) is 1.87. The minimum Gasteiger partial charge on any atom is -0.454 e. The summed E-state index contributed by atoms with van der Waals surface area (Å²) in [6, 6.07) is 11.2. The van der Waals surface area contributed by atoms with Gasteiger partial charge in [-0.25, -0.2) is 0 Å². The van der Waals surface area contributed by atoms with Gasteiger partial charge in [0.2, 0.25) is 18.6 Å². The number of nitrogens with one attached hydrogen (secondary N) is 2. The smallest absolute Gasteiger partial charge is 0.243 e. The van der Waals surface area contributed by atoms with Crippen LogP contribution < -0.4 is 20.1 Å². The van der Waals surface area contributed by atoms with Gasteiger partial charge in [-0.2, -0.15) is 0 Å². The number of likely N-dealkylation sites (N-methyl/N-ethyl adjacent to an activating group) is 1. The first-order valence-electron chi connectivity index (χ1n) is 9.57. The summed E-state index contributed by atoms with van der Waals surface area (Å²) in [6.07, 6.45) is 0. The summed E-state index contributed by atoms with van der Waals surface area (Å²) in [4.78, 5) is 26.6. The molecule has 0 radical (unpaired) electrons. The van der Waals surface area contributed by atoms with E-state index in [1.807, 2.05) is 69.1 Å². The van der Waals surface area contributed by atoms with E-state index in [1.165, 1.54) is 0 Å². The van der Waals surface area contributed by atoms with Crippen LogP contribution in [0.1, 0.15) is 23.6 Å². The Kier molecular flexibility index (Phi) is 6.39. The second-order valence-corrected chi connectivity index (χ2v) is 7.31. The topological polar surface area (TPSA) is 79.9 Å². The molecule has 0 saturated carbocycles. The van der Waals surface area contributed by atoms with E-state index in [2.05, 4.69) is 10.6 Å². The molecule has 2 amide bonds. The first-order valence-corrected chi connectivity index (χ1v) is 9.57. The third-order valence-electron chi connectivity index (χ3n) is 5.08. The Hall–Kier alpha value is -3.06. The van der Waals surface area contributed by atoms with Crippen molar-refractivity contribution in [2.75, 3.05) is 25.7 Å². The number of anilines is 1. The maximum Gasteiger partial charge on any atom is 0.243 e. The minimum atomic E-state index is -0.395. The average molecular weight is 397 g/mol. The maximum atomic E-state index is 12.5. The van der Waals surface area contributed by atoms with Crippen molar-refractivity contribution >= 4 is 17.5 Å². The van der Waals surface area contributed by atoms with Crippen molar-refractivity contribution in [1.82, 2.24) is 10.2 Å². The van der Waals surface area contributed by atoms with Crippen LogP contribution in [0, 0.1) is 13.8 Å². The van der Waals surface area contributed by atoms with E-state index in [-0.39, 0.29) is 25.2 Å². The van der Waals surface area contributed by atoms with Crippen LogP contribution >= 0.6 is 0 Å². The fourth-order valence-electron chi connectivity index (χ4n) is 3.17. The van der Waals surface area contributed by atoms with Gasteiger partial charge in [-0.05, 0) is 56.6 Å². The van der Waals surface area contributed by atoms with Crippen LogP contribution in [0.25, 0.3) is 0 Å². The number of amides is 2. The Bertz CT molecular complexity index is 893. The van der Waals surface area contributed by atoms with Gasteiger partial charge in [-0.1, -0.05) is 24.3 Å². The highest BCUT2D eigenvalue weighted by Gasteiger charge is 2.20. The van der Waals surface area contributed by atoms with Crippen LogP contribution in [0.5, 0.6) is 11.5 Å². The van der Waals surface area contributed by atoms with Crippen LogP contribution in [-0.4, -0.2) is 43.1 Å². The number of aryl methyl sites for hydroxylation is 2. The van der Waals surface area contributed by atoms with E-state index in [1.54, 1.807) is 0 Å². The number of hydrogen-bond acceptors (Lipinski definition) is 5. The van der Waals surface area contributed by atoms with Gasteiger partial charge in [0.05, 0.1) is 12.6 Å². The monoisotopic (exact) mass is 397 g/mol. The van der Waals surface area contributed by atoms with Crippen LogP contribution in [0.2, 0.25) is 0 Å². The van der Waals surface area contributed by atoms with Crippen molar-refractivity contribution in [3.63, 3.8) is 0 Å². The third-order valence-corrected chi connectivity index (χ3v) is 5.08. The minimum absolute atomic E-state index is 0.0746. The number of ether oxygens (including phenoxy) is 2. The Labute approximate surface area is 171 Å². The van der Waals surface area contributed by atoms with Gasteiger partial charge in [-0.15, -0.1) is 0 Å². The molecule has 0 saturated heterocycles. The highest BCUT2D eigenvalue weighted by molar-refractivity contribution is 5.96. The zero-order valence-electron chi connectivity index (χ0n) is 17.2. The van der Waals surface area contributed by atoms with E-state index in [9.17, 15) is 9.59 Å². The fourth-order valence-corrected chi connectivity index (χ4v) is 3.17. The zero-order valence-corrected chi connectivity index (χ0v) is 17.2. The Morgan fingerprint density at radius 2 is 1.79 bits per heavy atom. The Balaban J connectivity index is 1.50. The average Bonchev–Trinajstić information content (AvgIpc) is 3.16. The van der Waals surface area contributed by atoms with E-state index < -0.39 is 6.04 Å². The molecule has 7 nitrogen and oxygen atoms in total. The second kappa shape index (κ2) is 8.96. The van der Waals surface area contributed by atoms with Crippen molar-refractivity contribution in [1.29, 1.82) is 0 Å². The molecule has 2 aromatic rings. The van der Waals surface area contributed by atoms with Crippen LogP contribution in [0.15, 0.2) is 36.4 Å². The molecule has 1 heterocycles. The summed E-state index contributed by atoms with van der Waals surface area (Å²) in [5, 5.41) is 5.59. The first kappa shape index (κ1) is 20.7. The van der Waals surface area contributed by atoms with Gasteiger partial charge in [0.15, 0.2) is 11.5 Å². The lowest BCUT2D eigenvalue weighted by molar-refractivity contribution is -0.127. The van der Waals surface area contributed by atoms with Gasteiger partial charge >= 0.3 is 0 Å². The number of rotatable bonds is 7. The Morgan fingerprint density at radius 3 is 2.52 bits per heavy atom. The molecule has 7 heteroatoms. The predicted octanol–water partition coefficient (Wildman–Crippen LogP) is 2.61. The molecule has 154 valence electrons. The molecule has 3 rings (SSSR count). The van der Waals surface area contributed by atoms with E-state index in [4.69, 9.17) is 9.47 Å². The molecule has 1 atom stereocenters. The number of para-hydroxylation sites is 1. The number of carbonyl (C=O) groups excluding carboxylic acids is 2. The summed E-state index contributed by atoms with van der Waals surface area (Å²) in [6.45, 7) is 6.42. The number of hydrogen-bond donors (Lipinski definition) is 2. The molecule has 2 aromatic carbocycles. The maximum absolute atomic E-state index is 12.5. The quantitative estimate of drug-likeness (QED) is 0.751. The number of fused-ring (bicyclic) bond motifs is 1. The molecular weight excluding hydrogens is 370 g/mol. The van der Waals surface area contributed by atoms with E-state index in [0.29, 0.717) is 6.54 Å². The highest BCUT2D eigenvalue weighted by Crippen LogP contribution is 2.32. The fraction of sp³-hybridized carbons (Fsp3) is 0.364. The molecule has 1 aliphatic rings. The molecule has 0 fully saturated rings. The lowest BCUT2D eigenvalue weighted by atomic mass is 10.1. The molecule has 0 spiro atoms. The van der Waals surface area contributed by atoms with Gasteiger partial charge in [-0.3, -0.25) is 14.5 Å². The first-order chi connectivity index (χ1) is 13.8. The summed E-state index contributed by atoms with van der Waals surface area (Å²) >= 11 is 0. The molecule has 2 N–H and O–H groups in total. The molecular formula is C22H27N3O4. The molecule has 29 heavy (non-hydrogen) atoms. The van der Waals surface area contributed by atoms with Gasteiger partial charge in [0, 0.05) is 12.2 Å². The van der Waals surface area contributed by atoms with Crippen LogP contribution in [0.3, 0.4) is 0 Å². The number of benzene rings is 2. The normalized spacial score (nSPS) is 13.3. The van der Waals surface area contributed by atoms with E-state index >= 15 is 0 Å². The van der Waals surface area contributed by atoms with Gasteiger partial charge in [0.25, 0.3) is 0 Å². The van der Waals surface area contributed by atoms with Crippen molar-refractivity contribution < 1.29 is 19.1 Å². The van der Waals surface area contributed by atoms with Crippen molar-refractivity contribution in [3.8, 4) is 11.5 Å². The molecule has 0 aromatic heterocycles. The van der Waals surface area contributed by atoms with Crippen molar-refractivity contribution in [2.24, 2.45) is 0 Å². The summed E-state index contributed by atoms with van der Waals surface area (Å²) < 4.78 is 10.7. The lowest BCUT2D eigenvalue weighted by Crippen LogP contribution is -2.45.